The van der Waals surface area contributed by atoms with Gasteiger partial charge in [0.05, 0.1) is 13.2 Å². The molecular formula is C15H29N3O2. The van der Waals surface area contributed by atoms with Crippen LogP contribution in [-0.4, -0.2) is 63.3 Å². The fourth-order valence-electron chi connectivity index (χ4n) is 2.95. The monoisotopic (exact) mass is 283 g/mol. The van der Waals surface area contributed by atoms with Crippen molar-refractivity contribution in [2.45, 2.75) is 32.1 Å². The minimum Gasteiger partial charge on any atom is -0.379 e. The number of carbonyl (C=O) groups is 1. The third-order valence-corrected chi connectivity index (χ3v) is 4.26. The van der Waals surface area contributed by atoms with Gasteiger partial charge in [-0.1, -0.05) is 0 Å². The van der Waals surface area contributed by atoms with Crippen molar-refractivity contribution >= 4 is 5.91 Å². The molecule has 0 aromatic heterocycles. The van der Waals surface area contributed by atoms with E-state index in [0.717, 1.165) is 65.3 Å². The second kappa shape index (κ2) is 9.32. The number of piperidine rings is 1. The van der Waals surface area contributed by atoms with Crippen LogP contribution in [0.15, 0.2) is 0 Å². The number of morpholine rings is 1. The zero-order valence-electron chi connectivity index (χ0n) is 12.5. The first-order chi connectivity index (χ1) is 9.84. The number of ether oxygens (including phenoxy) is 1. The molecule has 2 heterocycles. The van der Waals surface area contributed by atoms with E-state index in [1.807, 2.05) is 0 Å². The molecule has 0 aliphatic carbocycles. The summed E-state index contributed by atoms with van der Waals surface area (Å²) in [6.45, 7) is 7.86. The maximum atomic E-state index is 11.8. The minimum atomic E-state index is 0.220. The topological polar surface area (TPSA) is 53.6 Å². The van der Waals surface area contributed by atoms with Crippen LogP contribution < -0.4 is 10.6 Å². The van der Waals surface area contributed by atoms with E-state index in [1.54, 1.807) is 0 Å². The Morgan fingerprint density at radius 2 is 2.20 bits per heavy atom. The molecule has 1 atom stereocenters. The van der Waals surface area contributed by atoms with Crippen molar-refractivity contribution in [1.82, 2.24) is 15.5 Å². The molecule has 0 aromatic rings. The molecule has 2 aliphatic rings. The lowest BCUT2D eigenvalue weighted by Gasteiger charge is -2.26. The Hall–Kier alpha value is -0.650. The highest BCUT2D eigenvalue weighted by Gasteiger charge is 2.14. The highest BCUT2D eigenvalue weighted by Crippen LogP contribution is 2.15. The predicted molar refractivity (Wildman–Crippen MR) is 79.7 cm³/mol. The van der Waals surface area contributed by atoms with Crippen LogP contribution in [0.5, 0.6) is 0 Å². The van der Waals surface area contributed by atoms with E-state index in [9.17, 15) is 4.79 Å². The zero-order chi connectivity index (χ0) is 14.0. The van der Waals surface area contributed by atoms with Crippen LogP contribution >= 0.6 is 0 Å². The van der Waals surface area contributed by atoms with E-state index in [1.165, 1.54) is 12.8 Å². The number of hydrogen-bond donors (Lipinski definition) is 2. The molecule has 0 bridgehead atoms. The lowest BCUT2D eigenvalue weighted by atomic mass is 9.94. The summed E-state index contributed by atoms with van der Waals surface area (Å²) in [4.78, 5) is 14.2. The lowest BCUT2D eigenvalue weighted by molar-refractivity contribution is -0.121. The van der Waals surface area contributed by atoms with Gasteiger partial charge in [-0.2, -0.15) is 0 Å². The van der Waals surface area contributed by atoms with Gasteiger partial charge in [0.1, 0.15) is 0 Å². The van der Waals surface area contributed by atoms with Crippen molar-refractivity contribution in [2.24, 2.45) is 5.92 Å². The molecular weight excluding hydrogens is 254 g/mol. The van der Waals surface area contributed by atoms with Crippen LogP contribution in [0.4, 0.5) is 0 Å². The average Bonchev–Trinajstić information content (AvgIpc) is 2.52. The summed E-state index contributed by atoms with van der Waals surface area (Å²) in [6.07, 6.45) is 5.28. The number of rotatable bonds is 7. The summed E-state index contributed by atoms with van der Waals surface area (Å²) >= 11 is 0. The number of nitrogens with one attached hydrogen (secondary N) is 2. The Morgan fingerprint density at radius 1 is 1.35 bits per heavy atom. The number of amides is 1. The second-order valence-corrected chi connectivity index (χ2v) is 5.91. The summed E-state index contributed by atoms with van der Waals surface area (Å²) in [7, 11) is 0. The summed E-state index contributed by atoms with van der Waals surface area (Å²) in [5.74, 6) is 0.917. The molecule has 2 aliphatic heterocycles. The fourth-order valence-corrected chi connectivity index (χ4v) is 2.95. The Labute approximate surface area is 122 Å². The van der Waals surface area contributed by atoms with Crippen molar-refractivity contribution in [3.05, 3.63) is 0 Å². The Kier molecular flexibility index (Phi) is 7.33. The van der Waals surface area contributed by atoms with Crippen LogP contribution in [0.1, 0.15) is 32.1 Å². The first-order valence-corrected chi connectivity index (χ1v) is 8.12. The van der Waals surface area contributed by atoms with Gasteiger partial charge in [0, 0.05) is 26.1 Å². The molecule has 0 spiro atoms. The molecule has 0 saturated carbocycles. The maximum absolute atomic E-state index is 11.8. The van der Waals surface area contributed by atoms with E-state index in [4.69, 9.17) is 4.74 Å². The molecule has 1 amide bonds. The standard InChI is InChI=1S/C15H29N3O2/c19-15(5-4-14-3-1-6-16-13-14)17-7-2-8-18-9-11-20-12-10-18/h14,16H,1-13H2,(H,17,19). The zero-order valence-corrected chi connectivity index (χ0v) is 12.5. The quantitative estimate of drug-likeness (QED) is 0.672. The third kappa shape index (κ3) is 6.20. The molecule has 2 rings (SSSR count). The number of hydrogen-bond acceptors (Lipinski definition) is 4. The molecule has 116 valence electrons. The lowest BCUT2D eigenvalue weighted by Crippen LogP contribution is -2.38. The van der Waals surface area contributed by atoms with Crippen LogP contribution in [0.2, 0.25) is 0 Å². The van der Waals surface area contributed by atoms with Crippen molar-refractivity contribution in [3.8, 4) is 0 Å². The first kappa shape index (κ1) is 15.7. The summed E-state index contributed by atoms with van der Waals surface area (Å²) < 4.78 is 5.32. The predicted octanol–water partition coefficient (Wildman–Crippen LogP) is 0.605. The smallest absolute Gasteiger partial charge is 0.220 e. The Morgan fingerprint density at radius 3 is 2.95 bits per heavy atom. The number of carbonyl (C=O) groups excluding carboxylic acids is 1. The normalized spacial score (nSPS) is 24.5. The molecule has 2 saturated heterocycles. The van der Waals surface area contributed by atoms with Crippen molar-refractivity contribution in [3.63, 3.8) is 0 Å². The maximum Gasteiger partial charge on any atom is 0.220 e. The molecule has 20 heavy (non-hydrogen) atoms. The molecule has 2 fully saturated rings. The van der Waals surface area contributed by atoms with E-state index >= 15 is 0 Å². The van der Waals surface area contributed by atoms with Gasteiger partial charge in [-0.3, -0.25) is 9.69 Å². The van der Waals surface area contributed by atoms with Gasteiger partial charge in [-0.15, -0.1) is 0 Å². The third-order valence-electron chi connectivity index (χ3n) is 4.26. The Balaban J connectivity index is 1.45. The van der Waals surface area contributed by atoms with Gasteiger partial charge < -0.3 is 15.4 Å². The molecule has 5 heteroatoms. The van der Waals surface area contributed by atoms with Crippen molar-refractivity contribution in [2.75, 3.05) is 52.5 Å². The summed E-state index contributed by atoms with van der Waals surface area (Å²) in [6, 6.07) is 0. The van der Waals surface area contributed by atoms with Gasteiger partial charge in [-0.25, -0.2) is 0 Å². The highest BCUT2D eigenvalue weighted by atomic mass is 16.5. The summed E-state index contributed by atoms with van der Waals surface area (Å²) in [5, 5.41) is 6.44. The number of nitrogens with zero attached hydrogens (tertiary/aromatic N) is 1. The SMILES string of the molecule is O=C(CCC1CCCNC1)NCCCN1CCOCC1. The molecule has 0 aromatic carbocycles. The van der Waals surface area contributed by atoms with Crippen molar-refractivity contribution < 1.29 is 9.53 Å². The van der Waals surface area contributed by atoms with E-state index in [2.05, 4.69) is 15.5 Å². The van der Waals surface area contributed by atoms with Gasteiger partial charge in [0.25, 0.3) is 0 Å². The molecule has 5 nitrogen and oxygen atoms in total. The molecule has 0 radical (unpaired) electrons. The van der Waals surface area contributed by atoms with Crippen LogP contribution in [0, 0.1) is 5.92 Å². The molecule has 1 unspecified atom stereocenters. The van der Waals surface area contributed by atoms with Gasteiger partial charge in [0.2, 0.25) is 5.91 Å². The van der Waals surface area contributed by atoms with Crippen LogP contribution in [0.25, 0.3) is 0 Å². The molecule has 2 N–H and O–H groups in total. The largest absolute Gasteiger partial charge is 0.379 e. The Bertz CT molecular complexity index is 274. The van der Waals surface area contributed by atoms with Gasteiger partial charge in [0.15, 0.2) is 0 Å². The van der Waals surface area contributed by atoms with E-state index in [-0.39, 0.29) is 5.91 Å². The first-order valence-electron chi connectivity index (χ1n) is 8.12. The van der Waals surface area contributed by atoms with Gasteiger partial charge in [-0.05, 0) is 51.2 Å². The fraction of sp³-hybridized carbons (Fsp3) is 0.933. The highest BCUT2D eigenvalue weighted by molar-refractivity contribution is 5.75. The second-order valence-electron chi connectivity index (χ2n) is 5.91. The average molecular weight is 283 g/mol. The summed E-state index contributed by atoms with van der Waals surface area (Å²) in [5.41, 5.74) is 0. The minimum absolute atomic E-state index is 0.220. The van der Waals surface area contributed by atoms with Crippen LogP contribution in [-0.2, 0) is 9.53 Å². The van der Waals surface area contributed by atoms with E-state index in [0.29, 0.717) is 12.3 Å². The van der Waals surface area contributed by atoms with Crippen molar-refractivity contribution in [1.29, 1.82) is 0 Å². The van der Waals surface area contributed by atoms with E-state index < -0.39 is 0 Å². The van der Waals surface area contributed by atoms with Crippen LogP contribution in [0.3, 0.4) is 0 Å². The van der Waals surface area contributed by atoms with Gasteiger partial charge >= 0.3 is 0 Å².